The Morgan fingerprint density at radius 2 is 1.42 bits per heavy atom. The summed E-state index contributed by atoms with van der Waals surface area (Å²) in [6.07, 6.45) is 0. The number of aryl methyl sites for hydroxylation is 3. The van der Waals surface area contributed by atoms with Gasteiger partial charge in [0.15, 0.2) is 0 Å². The van der Waals surface area contributed by atoms with Crippen molar-refractivity contribution in [2.45, 2.75) is 27.7 Å². The minimum atomic E-state index is 1.26. The quantitative estimate of drug-likeness (QED) is 0.367. The minimum absolute atomic E-state index is 1.26. The zero-order valence-corrected chi connectivity index (χ0v) is 14.7. The van der Waals surface area contributed by atoms with Gasteiger partial charge in [0, 0.05) is 0 Å². The molecule has 4 aromatic carbocycles. The highest BCUT2D eigenvalue weighted by Crippen LogP contribution is 2.37. The number of fused-ring (bicyclic) bond motifs is 2. The van der Waals surface area contributed by atoms with Crippen LogP contribution < -0.4 is 0 Å². The number of rotatable bonds is 1. The molecule has 0 aliphatic heterocycles. The van der Waals surface area contributed by atoms with Crippen molar-refractivity contribution < 1.29 is 0 Å². The predicted molar refractivity (Wildman–Crippen MR) is 105 cm³/mol. The van der Waals surface area contributed by atoms with Crippen molar-refractivity contribution in [1.82, 2.24) is 0 Å². The van der Waals surface area contributed by atoms with Gasteiger partial charge in [-0.05, 0) is 101 Å². The van der Waals surface area contributed by atoms with Crippen LogP contribution in [0.15, 0.2) is 54.6 Å². The Hall–Kier alpha value is -2.60. The number of hydrogen-bond acceptors (Lipinski definition) is 0. The highest BCUT2D eigenvalue weighted by Gasteiger charge is 2.13. The van der Waals surface area contributed by atoms with Gasteiger partial charge in [-0.1, -0.05) is 42.5 Å². The van der Waals surface area contributed by atoms with Gasteiger partial charge < -0.3 is 0 Å². The molecule has 117 valence electrons. The SMILES string of the molecule is Cc1cc(-c2cc3c[c]ccc3c(C)c2C)c2ccccc2c1C. The van der Waals surface area contributed by atoms with Gasteiger partial charge in [-0.3, -0.25) is 0 Å². The second-order valence-corrected chi connectivity index (χ2v) is 6.73. The Bertz CT molecular complexity index is 1080. The summed E-state index contributed by atoms with van der Waals surface area (Å²) in [7, 11) is 0. The van der Waals surface area contributed by atoms with E-state index in [0.717, 1.165) is 0 Å². The maximum atomic E-state index is 3.22. The van der Waals surface area contributed by atoms with Gasteiger partial charge in [-0.15, -0.1) is 0 Å². The lowest BCUT2D eigenvalue weighted by Gasteiger charge is -2.17. The van der Waals surface area contributed by atoms with Crippen LogP contribution in [-0.4, -0.2) is 0 Å². The molecule has 4 rings (SSSR count). The van der Waals surface area contributed by atoms with E-state index in [1.54, 1.807) is 0 Å². The highest BCUT2D eigenvalue weighted by atomic mass is 14.2. The van der Waals surface area contributed by atoms with E-state index in [9.17, 15) is 0 Å². The van der Waals surface area contributed by atoms with Gasteiger partial charge in [-0.2, -0.15) is 0 Å². The van der Waals surface area contributed by atoms with Crippen LogP contribution in [0.5, 0.6) is 0 Å². The molecule has 1 radical (unpaired) electrons. The Morgan fingerprint density at radius 3 is 2.21 bits per heavy atom. The maximum Gasteiger partial charge on any atom is -0.00996 e. The third-order valence-electron chi connectivity index (χ3n) is 5.43. The van der Waals surface area contributed by atoms with Crippen LogP contribution in [0.25, 0.3) is 32.7 Å². The average Bonchev–Trinajstić information content (AvgIpc) is 2.61. The molecule has 0 aliphatic carbocycles. The van der Waals surface area contributed by atoms with E-state index < -0.39 is 0 Å². The molecule has 4 aromatic rings. The standard InChI is InChI=1S/C24H21/c1-15-13-24(22-12-8-7-11-21(22)16(15)2)23-14-19-9-5-6-10-20(19)17(3)18(23)4/h6-14H,1-4H3. The van der Waals surface area contributed by atoms with Crippen LogP contribution in [0.4, 0.5) is 0 Å². The molecule has 0 fully saturated rings. The first-order valence-corrected chi connectivity index (χ1v) is 8.47. The molecule has 0 saturated carbocycles. The van der Waals surface area contributed by atoms with Gasteiger partial charge in [0.2, 0.25) is 0 Å². The Balaban J connectivity index is 2.14. The molecular formula is C24H21. The number of hydrogen-bond donors (Lipinski definition) is 0. The molecule has 24 heavy (non-hydrogen) atoms. The third kappa shape index (κ3) is 2.14. The van der Waals surface area contributed by atoms with E-state index in [1.807, 2.05) is 6.07 Å². The second kappa shape index (κ2) is 5.49. The maximum absolute atomic E-state index is 3.22. The molecule has 0 atom stereocenters. The van der Waals surface area contributed by atoms with E-state index in [2.05, 4.69) is 82.3 Å². The Morgan fingerprint density at radius 1 is 0.667 bits per heavy atom. The summed E-state index contributed by atoms with van der Waals surface area (Å²) in [5.41, 5.74) is 8.11. The Labute approximate surface area is 143 Å². The van der Waals surface area contributed by atoms with Crippen molar-refractivity contribution in [2.24, 2.45) is 0 Å². The normalized spacial score (nSPS) is 11.3. The molecule has 0 saturated heterocycles. The summed E-state index contributed by atoms with van der Waals surface area (Å²) >= 11 is 0. The molecule has 0 nitrogen and oxygen atoms in total. The second-order valence-electron chi connectivity index (χ2n) is 6.73. The van der Waals surface area contributed by atoms with E-state index in [1.165, 1.54) is 54.9 Å². The van der Waals surface area contributed by atoms with E-state index in [0.29, 0.717) is 0 Å². The molecule has 0 spiro atoms. The van der Waals surface area contributed by atoms with E-state index in [-0.39, 0.29) is 0 Å². The van der Waals surface area contributed by atoms with Gasteiger partial charge in [0.25, 0.3) is 0 Å². The van der Waals surface area contributed by atoms with Crippen molar-refractivity contribution in [2.75, 3.05) is 0 Å². The smallest absolute Gasteiger partial charge is 0.00996 e. The summed E-state index contributed by atoms with van der Waals surface area (Å²) in [6.45, 7) is 8.90. The van der Waals surface area contributed by atoms with Crippen LogP contribution in [0.3, 0.4) is 0 Å². The third-order valence-corrected chi connectivity index (χ3v) is 5.43. The molecular weight excluding hydrogens is 288 g/mol. The summed E-state index contributed by atoms with van der Waals surface area (Å²) in [6, 6.07) is 22.9. The van der Waals surface area contributed by atoms with E-state index >= 15 is 0 Å². The Kier molecular flexibility index (Phi) is 3.42. The van der Waals surface area contributed by atoms with Gasteiger partial charge in [0.05, 0.1) is 0 Å². The topological polar surface area (TPSA) is 0 Å². The monoisotopic (exact) mass is 309 g/mol. The first-order chi connectivity index (χ1) is 11.6. The van der Waals surface area contributed by atoms with Gasteiger partial charge in [-0.25, -0.2) is 0 Å². The first kappa shape index (κ1) is 15.0. The fraction of sp³-hybridized carbons (Fsp3) is 0.167. The van der Waals surface area contributed by atoms with Crippen LogP contribution in [0, 0.1) is 33.8 Å². The summed E-state index contributed by atoms with van der Waals surface area (Å²) in [5.74, 6) is 0. The van der Waals surface area contributed by atoms with E-state index in [4.69, 9.17) is 0 Å². The van der Waals surface area contributed by atoms with Crippen molar-refractivity contribution in [1.29, 1.82) is 0 Å². The van der Waals surface area contributed by atoms with Crippen LogP contribution >= 0.6 is 0 Å². The summed E-state index contributed by atoms with van der Waals surface area (Å²) < 4.78 is 0. The molecule has 0 N–H and O–H groups in total. The van der Waals surface area contributed by atoms with Gasteiger partial charge in [0.1, 0.15) is 0 Å². The first-order valence-electron chi connectivity index (χ1n) is 8.47. The molecule has 0 aromatic heterocycles. The minimum Gasteiger partial charge on any atom is -0.0616 e. The average molecular weight is 309 g/mol. The lowest BCUT2D eigenvalue weighted by molar-refractivity contribution is 1.35. The van der Waals surface area contributed by atoms with Crippen molar-refractivity contribution in [3.05, 3.63) is 82.9 Å². The predicted octanol–water partition coefficient (Wildman–Crippen LogP) is 6.69. The zero-order valence-electron chi connectivity index (χ0n) is 14.7. The van der Waals surface area contributed by atoms with Gasteiger partial charge >= 0.3 is 0 Å². The highest BCUT2D eigenvalue weighted by molar-refractivity contribution is 6.02. The zero-order chi connectivity index (χ0) is 16.8. The molecule has 0 bridgehead atoms. The lowest BCUT2D eigenvalue weighted by Crippen LogP contribution is -1.93. The molecule has 0 unspecified atom stereocenters. The van der Waals surface area contributed by atoms with Crippen molar-refractivity contribution in [3.8, 4) is 11.1 Å². The molecule has 0 heteroatoms. The lowest BCUT2D eigenvalue weighted by atomic mass is 9.87. The van der Waals surface area contributed by atoms with Crippen molar-refractivity contribution >= 4 is 21.5 Å². The fourth-order valence-corrected chi connectivity index (χ4v) is 3.73. The molecule has 0 amide bonds. The molecule has 0 heterocycles. The fourth-order valence-electron chi connectivity index (χ4n) is 3.73. The summed E-state index contributed by atoms with van der Waals surface area (Å²) in [5, 5.41) is 5.27. The molecule has 0 aliphatic rings. The largest absolute Gasteiger partial charge is 0.0616 e. The van der Waals surface area contributed by atoms with Crippen molar-refractivity contribution in [3.63, 3.8) is 0 Å². The van der Waals surface area contributed by atoms with Crippen LogP contribution in [0.2, 0.25) is 0 Å². The van der Waals surface area contributed by atoms with Crippen LogP contribution in [-0.2, 0) is 0 Å². The summed E-state index contributed by atoms with van der Waals surface area (Å²) in [4.78, 5) is 0. The van der Waals surface area contributed by atoms with Crippen LogP contribution in [0.1, 0.15) is 22.3 Å². The number of benzene rings is 4.